The zero-order chi connectivity index (χ0) is 16.6. The van der Waals surface area contributed by atoms with Crippen LogP contribution < -0.4 is 15.0 Å². The molecule has 1 saturated carbocycles. The molecule has 1 aliphatic carbocycles. The van der Waals surface area contributed by atoms with Crippen LogP contribution >= 0.6 is 0 Å². The molecule has 2 aliphatic rings. The van der Waals surface area contributed by atoms with Crippen LogP contribution in [0.4, 0.5) is 10.5 Å². The topological polar surface area (TPSA) is 61.8 Å². The molecule has 2 amide bonds. The summed E-state index contributed by atoms with van der Waals surface area (Å²) in [6.45, 7) is 7.40. The summed E-state index contributed by atoms with van der Waals surface area (Å²) in [4.78, 5) is 14.0. The number of carbonyl (C=O) groups excluding carboxylic acids is 1. The van der Waals surface area contributed by atoms with Crippen LogP contribution in [-0.4, -0.2) is 29.4 Å². The Morgan fingerprint density at radius 3 is 2.83 bits per heavy atom. The number of anilines is 1. The molecule has 23 heavy (non-hydrogen) atoms. The van der Waals surface area contributed by atoms with Crippen molar-refractivity contribution in [1.29, 1.82) is 0 Å². The molecule has 5 nitrogen and oxygen atoms in total. The lowest BCUT2D eigenvalue weighted by Crippen LogP contribution is -2.59. The van der Waals surface area contributed by atoms with E-state index >= 15 is 0 Å². The van der Waals surface area contributed by atoms with Crippen LogP contribution in [-0.2, 0) is 6.54 Å². The molecule has 0 spiro atoms. The molecule has 0 saturated heterocycles. The van der Waals surface area contributed by atoms with E-state index in [-0.39, 0.29) is 12.1 Å². The summed E-state index contributed by atoms with van der Waals surface area (Å²) in [5.41, 5.74) is 1.35. The maximum absolute atomic E-state index is 12.2. The van der Waals surface area contributed by atoms with Gasteiger partial charge in [0.15, 0.2) is 0 Å². The molecule has 1 aromatic carbocycles. The summed E-state index contributed by atoms with van der Waals surface area (Å²) < 4.78 is 5.81. The van der Waals surface area contributed by atoms with Crippen LogP contribution in [0.3, 0.4) is 0 Å². The second-order valence-corrected chi connectivity index (χ2v) is 7.41. The number of carbonyl (C=O) groups is 1. The SMILES string of the molecule is CC(C)CCOc1ccc2c(c1)CNC(=O)N2C1CC(C)(O)C1. The van der Waals surface area contributed by atoms with Gasteiger partial charge in [0.1, 0.15) is 5.75 Å². The molecule has 5 heteroatoms. The number of aliphatic hydroxyl groups is 1. The Bertz CT molecular complexity index is 590. The van der Waals surface area contributed by atoms with Gasteiger partial charge in [-0.1, -0.05) is 13.8 Å². The Hall–Kier alpha value is -1.75. The van der Waals surface area contributed by atoms with Crippen molar-refractivity contribution < 1.29 is 14.6 Å². The van der Waals surface area contributed by atoms with Gasteiger partial charge >= 0.3 is 6.03 Å². The molecule has 1 aromatic rings. The highest BCUT2D eigenvalue weighted by Crippen LogP contribution is 2.40. The fourth-order valence-electron chi connectivity index (χ4n) is 3.31. The molecule has 3 rings (SSSR count). The van der Waals surface area contributed by atoms with E-state index in [0.717, 1.165) is 23.4 Å². The highest BCUT2D eigenvalue weighted by Gasteiger charge is 2.45. The quantitative estimate of drug-likeness (QED) is 0.877. The number of hydrogen-bond donors (Lipinski definition) is 2. The predicted octanol–water partition coefficient (Wildman–Crippen LogP) is 3.05. The third-order valence-corrected chi connectivity index (χ3v) is 4.64. The van der Waals surface area contributed by atoms with E-state index in [1.165, 1.54) is 0 Å². The fraction of sp³-hybridized carbons (Fsp3) is 0.611. The van der Waals surface area contributed by atoms with Crippen LogP contribution in [0, 0.1) is 5.92 Å². The lowest BCUT2D eigenvalue weighted by molar-refractivity contribution is -0.0291. The van der Waals surface area contributed by atoms with Gasteiger partial charge in [0.05, 0.1) is 17.9 Å². The highest BCUT2D eigenvalue weighted by molar-refractivity contribution is 5.95. The molecule has 126 valence electrons. The van der Waals surface area contributed by atoms with E-state index in [9.17, 15) is 9.90 Å². The predicted molar refractivity (Wildman–Crippen MR) is 89.8 cm³/mol. The lowest BCUT2D eigenvalue weighted by atomic mass is 9.76. The second-order valence-electron chi connectivity index (χ2n) is 7.41. The molecule has 0 atom stereocenters. The van der Waals surface area contributed by atoms with E-state index < -0.39 is 5.60 Å². The van der Waals surface area contributed by atoms with Gasteiger partial charge in [-0.3, -0.25) is 4.90 Å². The minimum absolute atomic E-state index is 0.0664. The molecular weight excluding hydrogens is 292 g/mol. The zero-order valence-corrected chi connectivity index (χ0v) is 14.1. The third kappa shape index (κ3) is 3.44. The summed E-state index contributed by atoms with van der Waals surface area (Å²) >= 11 is 0. The average Bonchev–Trinajstić information content (AvgIpc) is 2.44. The summed E-state index contributed by atoms with van der Waals surface area (Å²) in [5, 5.41) is 12.9. The van der Waals surface area contributed by atoms with E-state index in [1.54, 1.807) is 4.90 Å². The summed E-state index contributed by atoms with van der Waals surface area (Å²) in [6.07, 6.45) is 2.26. The van der Waals surface area contributed by atoms with Gasteiger partial charge < -0.3 is 15.2 Å². The van der Waals surface area contributed by atoms with E-state index in [0.29, 0.717) is 31.9 Å². The molecule has 1 fully saturated rings. The second kappa shape index (κ2) is 6.04. The summed E-state index contributed by atoms with van der Waals surface area (Å²) in [6, 6.07) is 5.90. The van der Waals surface area contributed by atoms with E-state index in [2.05, 4.69) is 19.2 Å². The van der Waals surface area contributed by atoms with Gasteiger partial charge in [0, 0.05) is 12.6 Å². The van der Waals surface area contributed by atoms with Crippen molar-refractivity contribution in [3.8, 4) is 5.75 Å². The maximum Gasteiger partial charge on any atom is 0.322 e. The molecule has 0 bridgehead atoms. The van der Waals surface area contributed by atoms with Crippen LogP contribution in [0.2, 0.25) is 0 Å². The average molecular weight is 318 g/mol. The van der Waals surface area contributed by atoms with Gasteiger partial charge in [0.2, 0.25) is 0 Å². The normalized spacial score (nSPS) is 26.6. The Labute approximate surface area is 137 Å². The number of benzene rings is 1. The minimum atomic E-state index is -0.650. The molecule has 0 radical (unpaired) electrons. The first-order valence-corrected chi connectivity index (χ1v) is 8.41. The zero-order valence-electron chi connectivity index (χ0n) is 14.1. The van der Waals surface area contributed by atoms with Crippen LogP contribution in [0.5, 0.6) is 5.75 Å². The van der Waals surface area contributed by atoms with Gasteiger partial charge in [-0.25, -0.2) is 4.79 Å². The van der Waals surface area contributed by atoms with Crippen molar-refractivity contribution in [1.82, 2.24) is 5.32 Å². The van der Waals surface area contributed by atoms with Gasteiger partial charge in [-0.2, -0.15) is 0 Å². The Balaban J connectivity index is 1.73. The summed E-state index contributed by atoms with van der Waals surface area (Å²) in [5.74, 6) is 1.47. The number of urea groups is 1. The van der Waals surface area contributed by atoms with Crippen LogP contribution in [0.1, 0.15) is 45.6 Å². The van der Waals surface area contributed by atoms with Gasteiger partial charge in [-0.05, 0) is 55.9 Å². The highest BCUT2D eigenvalue weighted by atomic mass is 16.5. The van der Waals surface area contributed by atoms with Crippen molar-refractivity contribution >= 4 is 11.7 Å². The molecule has 2 N–H and O–H groups in total. The van der Waals surface area contributed by atoms with E-state index in [1.807, 2.05) is 25.1 Å². The first-order chi connectivity index (χ1) is 10.9. The van der Waals surface area contributed by atoms with Crippen molar-refractivity contribution in [3.63, 3.8) is 0 Å². The smallest absolute Gasteiger partial charge is 0.322 e. The fourth-order valence-corrected chi connectivity index (χ4v) is 3.31. The van der Waals surface area contributed by atoms with Crippen LogP contribution in [0.25, 0.3) is 0 Å². The first-order valence-electron chi connectivity index (χ1n) is 8.41. The van der Waals surface area contributed by atoms with Crippen molar-refractivity contribution in [3.05, 3.63) is 23.8 Å². The van der Waals surface area contributed by atoms with E-state index in [4.69, 9.17) is 4.74 Å². The molecular formula is C18H26N2O3. The molecule has 1 aliphatic heterocycles. The Morgan fingerprint density at radius 1 is 1.43 bits per heavy atom. The molecule has 1 heterocycles. The Kier molecular flexibility index (Phi) is 4.23. The number of fused-ring (bicyclic) bond motifs is 1. The number of nitrogens with zero attached hydrogens (tertiary/aromatic N) is 1. The largest absolute Gasteiger partial charge is 0.494 e. The van der Waals surface area contributed by atoms with Crippen molar-refractivity contribution in [2.75, 3.05) is 11.5 Å². The number of rotatable bonds is 5. The number of hydrogen-bond acceptors (Lipinski definition) is 3. The summed E-state index contributed by atoms with van der Waals surface area (Å²) in [7, 11) is 0. The maximum atomic E-state index is 12.2. The minimum Gasteiger partial charge on any atom is -0.494 e. The van der Waals surface area contributed by atoms with Crippen LogP contribution in [0.15, 0.2) is 18.2 Å². The third-order valence-electron chi connectivity index (χ3n) is 4.64. The number of amides is 2. The van der Waals surface area contributed by atoms with Crippen molar-refractivity contribution in [2.24, 2.45) is 5.92 Å². The van der Waals surface area contributed by atoms with Gasteiger partial charge in [-0.15, -0.1) is 0 Å². The standard InChI is InChI=1S/C18H26N2O3/c1-12(2)6-7-23-15-4-5-16-13(8-15)11-19-17(21)20(16)14-9-18(3,22)10-14/h4-5,8,12,14,22H,6-7,9-11H2,1-3H3,(H,19,21). The molecule has 0 unspecified atom stereocenters. The molecule has 0 aromatic heterocycles. The number of ether oxygens (including phenoxy) is 1. The lowest BCUT2D eigenvalue weighted by Gasteiger charge is -2.48. The van der Waals surface area contributed by atoms with Crippen molar-refractivity contribution in [2.45, 2.75) is 58.2 Å². The number of nitrogens with one attached hydrogen (secondary N) is 1. The monoisotopic (exact) mass is 318 g/mol. The Morgan fingerprint density at radius 2 is 2.17 bits per heavy atom. The van der Waals surface area contributed by atoms with Gasteiger partial charge in [0.25, 0.3) is 0 Å². The first kappa shape index (κ1) is 16.1.